The molecule has 5 rings (SSSR count). The van der Waals surface area contributed by atoms with Crippen LogP contribution in [0.4, 0.5) is 13.2 Å². The zero-order chi connectivity index (χ0) is 28.1. The predicted molar refractivity (Wildman–Crippen MR) is 142 cm³/mol. The second-order valence-corrected chi connectivity index (χ2v) is 9.44. The Morgan fingerprint density at radius 2 is 1.74 bits per heavy atom. The molecule has 8 nitrogen and oxygen atoms in total. The van der Waals surface area contributed by atoms with Crippen molar-refractivity contribution in [2.75, 3.05) is 0 Å². The average molecular weight is 523 g/mol. The molecule has 0 saturated heterocycles. The monoisotopic (exact) mass is 523 g/mol. The standard InChI is InChI=1S/C25H19B3F3N7O/c1-13(2)19-16(4-3-9-32-19)20-33-10-17-22(36-20)37(23(39)34-17)11-14-5-7-15(8-6-14)21-35-18(24(29,30)31)12-38(21)25(26,27)28/h3-10,12-13H,11H2,1-2H3,(H,34,39). The summed E-state index contributed by atoms with van der Waals surface area (Å²) in [6.45, 7) is 4.17. The summed E-state index contributed by atoms with van der Waals surface area (Å²) in [5.74, 6) is 0.419. The number of imidazole rings is 2. The van der Waals surface area contributed by atoms with E-state index in [-0.39, 0.29) is 24.0 Å². The van der Waals surface area contributed by atoms with Gasteiger partial charge in [-0.25, -0.2) is 19.7 Å². The first-order valence-electron chi connectivity index (χ1n) is 11.9. The number of halogens is 3. The molecular weight excluding hydrogens is 504 g/mol. The average Bonchev–Trinajstić information content (AvgIpc) is 3.46. The summed E-state index contributed by atoms with van der Waals surface area (Å²) in [4.78, 5) is 32.7. The Hall–Kier alpha value is -4.09. The maximum atomic E-state index is 13.3. The van der Waals surface area contributed by atoms with Gasteiger partial charge in [0.15, 0.2) is 17.2 Å². The third-order valence-corrected chi connectivity index (χ3v) is 6.10. The van der Waals surface area contributed by atoms with Crippen LogP contribution in [0.5, 0.6) is 0 Å². The van der Waals surface area contributed by atoms with E-state index in [1.54, 1.807) is 42.7 Å². The minimum absolute atomic E-state index is 0.135. The molecule has 5 aromatic rings. The molecule has 4 heterocycles. The van der Waals surface area contributed by atoms with Crippen molar-refractivity contribution < 1.29 is 13.2 Å². The van der Waals surface area contributed by atoms with Crippen molar-refractivity contribution in [3.63, 3.8) is 0 Å². The van der Waals surface area contributed by atoms with Gasteiger partial charge in [0.25, 0.3) is 0 Å². The van der Waals surface area contributed by atoms with Crippen LogP contribution in [0, 0.1) is 0 Å². The molecule has 0 bridgehead atoms. The third-order valence-electron chi connectivity index (χ3n) is 6.10. The number of nitrogens with one attached hydrogen (secondary N) is 1. The second-order valence-electron chi connectivity index (χ2n) is 9.44. The zero-order valence-corrected chi connectivity index (χ0v) is 20.9. The van der Waals surface area contributed by atoms with Gasteiger partial charge in [-0.3, -0.25) is 9.55 Å². The number of aromatic nitrogens is 7. The Bertz CT molecular complexity index is 1720. The number of alkyl halides is 3. The summed E-state index contributed by atoms with van der Waals surface area (Å²) in [5.41, 5.74) is 1.87. The molecular formula is C25H19B3F3N7O. The number of H-pyrrole nitrogens is 1. The quantitative estimate of drug-likeness (QED) is 0.345. The Kier molecular flexibility index (Phi) is 6.52. The van der Waals surface area contributed by atoms with Gasteiger partial charge in [-0.15, -0.1) is 0 Å². The molecule has 0 aliphatic rings. The van der Waals surface area contributed by atoms with Gasteiger partial charge in [-0.1, -0.05) is 43.3 Å². The number of hydrogen-bond donors (Lipinski definition) is 1. The van der Waals surface area contributed by atoms with Crippen molar-refractivity contribution >= 4 is 34.7 Å². The van der Waals surface area contributed by atoms with Crippen LogP contribution in [-0.2, 0) is 18.0 Å². The minimum Gasteiger partial charge on any atom is -0.350 e. The highest BCUT2D eigenvalue weighted by Crippen LogP contribution is 2.32. The molecule has 0 atom stereocenters. The van der Waals surface area contributed by atoms with Crippen LogP contribution in [-0.4, -0.2) is 57.6 Å². The molecule has 0 spiro atoms. The maximum absolute atomic E-state index is 13.3. The number of rotatable bonds is 6. The highest BCUT2D eigenvalue weighted by Gasteiger charge is 2.36. The highest BCUT2D eigenvalue weighted by molar-refractivity contribution is 6.56. The molecule has 4 aromatic heterocycles. The minimum atomic E-state index is -4.71. The summed E-state index contributed by atoms with van der Waals surface area (Å²) in [6.07, 6.45) is -0.794. The normalized spacial score (nSPS) is 12.5. The molecule has 39 heavy (non-hydrogen) atoms. The van der Waals surface area contributed by atoms with Gasteiger partial charge < -0.3 is 9.55 Å². The largest absolute Gasteiger partial charge is 0.434 e. The van der Waals surface area contributed by atoms with E-state index in [0.29, 0.717) is 34.3 Å². The molecule has 0 amide bonds. The zero-order valence-electron chi connectivity index (χ0n) is 20.9. The van der Waals surface area contributed by atoms with E-state index in [0.717, 1.165) is 15.8 Å². The van der Waals surface area contributed by atoms with Gasteiger partial charge in [0.2, 0.25) is 0 Å². The second kappa shape index (κ2) is 9.58. The summed E-state index contributed by atoms with van der Waals surface area (Å²) >= 11 is 0. The molecule has 14 heteroatoms. The number of hydrogen-bond acceptors (Lipinski definition) is 5. The van der Waals surface area contributed by atoms with Crippen LogP contribution in [0.3, 0.4) is 0 Å². The van der Waals surface area contributed by atoms with Gasteiger partial charge in [0, 0.05) is 23.5 Å². The van der Waals surface area contributed by atoms with Crippen LogP contribution in [0.25, 0.3) is 33.9 Å². The molecule has 1 aromatic carbocycles. The lowest BCUT2D eigenvalue weighted by Crippen LogP contribution is -2.35. The summed E-state index contributed by atoms with van der Waals surface area (Å²) < 4.78 is 42.1. The fraction of sp³-hybridized carbons (Fsp3) is 0.240. The molecule has 0 unspecified atom stereocenters. The Morgan fingerprint density at radius 3 is 2.38 bits per heavy atom. The Labute approximate surface area is 225 Å². The molecule has 0 fully saturated rings. The van der Waals surface area contributed by atoms with E-state index < -0.39 is 17.1 Å². The summed E-state index contributed by atoms with van der Waals surface area (Å²) in [5, 5.41) is -2.11. The lowest BCUT2D eigenvalue weighted by atomic mass is 9.49. The first kappa shape index (κ1) is 26.5. The van der Waals surface area contributed by atoms with Crippen LogP contribution in [0.1, 0.15) is 36.7 Å². The number of nitrogens with zero attached hydrogens (tertiary/aromatic N) is 6. The third kappa shape index (κ3) is 5.15. The number of benzene rings is 1. The molecule has 0 saturated carbocycles. The van der Waals surface area contributed by atoms with Gasteiger partial charge in [0.05, 0.1) is 42.0 Å². The lowest BCUT2D eigenvalue weighted by Gasteiger charge is -2.25. The van der Waals surface area contributed by atoms with Crippen molar-refractivity contribution in [2.24, 2.45) is 0 Å². The first-order chi connectivity index (χ1) is 18.3. The fourth-order valence-corrected chi connectivity index (χ4v) is 4.25. The van der Waals surface area contributed by atoms with Crippen molar-refractivity contribution in [2.45, 2.75) is 37.7 Å². The molecule has 0 aliphatic heterocycles. The number of aromatic amines is 1. The van der Waals surface area contributed by atoms with Crippen molar-refractivity contribution in [3.8, 4) is 22.8 Å². The van der Waals surface area contributed by atoms with Crippen molar-refractivity contribution in [1.29, 1.82) is 0 Å². The lowest BCUT2D eigenvalue weighted by molar-refractivity contribution is -0.140. The smallest absolute Gasteiger partial charge is 0.350 e. The van der Waals surface area contributed by atoms with Crippen LogP contribution >= 0.6 is 0 Å². The van der Waals surface area contributed by atoms with Crippen LogP contribution in [0.2, 0.25) is 0 Å². The summed E-state index contributed by atoms with van der Waals surface area (Å²) in [6, 6.07) is 10.1. The number of pyridine rings is 1. The van der Waals surface area contributed by atoms with Gasteiger partial charge in [-0.05, 0) is 23.6 Å². The Balaban J connectivity index is 1.50. The number of fused-ring (bicyclic) bond motifs is 1. The molecule has 6 radical (unpaired) electrons. The van der Waals surface area contributed by atoms with Gasteiger partial charge >= 0.3 is 11.9 Å². The first-order valence-corrected chi connectivity index (χ1v) is 11.9. The van der Waals surface area contributed by atoms with Crippen LogP contribution < -0.4 is 5.69 Å². The SMILES string of the molecule is [B]C([B])([B])n1cc(C(F)(F)F)nc1-c1ccc(Cn2c(=O)[nH]c3cnc(-c4cccnc4C(C)C)nc32)cc1. The van der Waals surface area contributed by atoms with E-state index in [4.69, 9.17) is 23.5 Å². The topological polar surface area (TPSA) is 94.3 Å². The van der Waals surface area contributed by atoms with E-state index in [1.165, 1.54) is 4.57 Å². The van der Waals surface area contributed by atoms with E-state index >= 15 is 0 Å². The van der Waals surface area contributed by atoms with Crippen molar-refractivity contribution in [1.82, 2.24) is 34.1 Å². The fourth-order valence-electron chi connectivity index (χ4n) is 4.25. The molecule has 190 valence electrons. The molecule has 0 aliphatic carbocycles. The summed E-state index contributed by atoms with van der Waals surface area (Å²) in [7, 11) is 17.0. The van der Waals surface area contributed by atoms with Gasteiger partial charge in [0.1, 0.15) is 11.3 Å². The van der Waals surface area contributed by atoms with Crippen LogP contribution in [0.15, 0.2) is 59.8 Å². The Morgan fingerprint density at radius 1 is 1.03 bits per heavy atom. The van der Waals surface area contributed by atoms with Gasteiger partial charge in [-0.2, -0.15) is 13.2 Å². The van der Waals surface area contributed by atoms with Crippen molar-refractivity contribution in [3.05, 3.63) is 82.4 Å². The van der Waals surface area contributed by atoms with E-state index in [9.17, 15) is 18.0 Å². The van der Waals surface area contributed by atoms with E-state index in [1.807, 2.05) is 19.9 Å². The maximum Gasteiger partial charge on any atom is 0.434 e. The highest BCUT2D eigenvalue weighted by atomic mass is 19.4. The van der Waals surface area contributed by atoms with E-state index in [2.05, 4.69) is 24.9 Å². The predicted octanol–water partition coefficient (Wildman–Crippen LogP) is 3.31. The molecule has 1 N–H and O–H groups in total.